The van der Waals surface area contributed by atoms with E-state index in [1.807, 2.05) is 25.1 Å². The molecule has 0 amide bonds. The summed E-state index contributed by atoms with van der Waals surface area (Å²) < 4.78 is 1.56. The van der Waals surface area contributed by atoms with Gasteiger partial charge < -0.3 is 5.11 Å². The van der Waals surface area contributed by atoms with Gasteiger partial charge in [0.05, 0.1) is 0 Å². The highest BCUT2D eigenvalue weighted by Gasteiger charge is 2.46. The summed E-state index contributed by atoms with van der Waals surface area (Å²) in [4.78, 5) is 13.2. The van der Waals surface area contributed by atoms with E-state index < -0.39 is 15.4 Å². The van der Waals surface area contributed by atoms with E-state index in [-0.39, 0.29) is 0 Å². The second-order valence-electron chi connectivity index (χ2n) is 3.43. The highest BCUT2D eigenvalue weighted by atomic mass is 127. The molecule has 0 aromatic heterocycles. The third kappa shape index (κ3) is 2.68. The summed E-state index contributed by atoms with van der Waals surface area (Å²) in [5.41, 5.74) is 0. The smallest absolute Gasteiger partial charge is 0.313 e. The Kier molecular flexibility index (Phi) is 4.88. The Balaban J connectivity index is 3.25. The van der Waals surface area contributed by atoms with Crippen molar-refractivity contribution >= 4 is 73.7 Å². The molecule has 0 saturated heterocycles. The van der Waals surface area contributed by atoms with Gasteiger partial charge in [-0.3, -0.25) is 9.69 Å². The Labute approximate surface area is 130 Å². The number of allylic oxidation sites excluding steroid dienone is 2. The molecule has 2 atom stereocenters. The number of carboxylic acid groups (broad SMARTS) is 1. The van der Waals surface area contributed by atoms with Crippen LogP contribution in [0.2, 0.25) is 0 Å². The van der Waals surface area contributed by atoms with Crippen molar-refractivity contribution in [3.05, 3.63) is 19.3 Å². The lowest BCUT2D eigenvalue weighted by Crippen LogP contribution is -2.48. The fourth-order valence-electron chi connectivity index (χ4n) is 1.42. The van der Waals surface area contributed by atoms with Gasteiger partial charge in [-0.2, -0.15) is 0 Å². The molecule has 0 saturated carbocycles. The van der Waals surface area contributed by atoms with Crippen LogP contribution in [0.3, 0.4) is 0 Å². The number of nitrogens with zero attached hydrogens (tertiary/aromatic N) is 1. The van der Waals surface area contributed by atoms with Crippen LogP contribution in [-0.4, -0.2) is 33.6 Å². The van der Waals surface area contributed by atoms with Gasteiger partial charge in [-0.1, -0.05) is 28.7 Å². The Hall–Kier alpha value is 1.10. The molecule has 1 aliphatic carbocycles. The third-order valence-electron chi connectivity index (χ3n) is 2.25. The zero-order valence-electron chi connectivity index (χ0n) is 8.17. The Morgan fingerprint density at radius 1 is 1.53 bits per heavy atom. The lowest BCUT2D eigenvalue weighted by atomic mass is 9.94. The first-order valence-electron chi connectivity index (χ1n) is 4.14. The van der Waals surface area contributed by atoms with Crippen LogP contribution < -0.4 is 0 Å². The lowest BCUT2D eigenvalue weighted by Gasteiger charge is -2.40. The minimum Gasteiger partial charge on any atom is -0.481 e. The van der Waals surface area contributed by atoms with Crippen LogP contribution in [0.5, 0.6) is 0 Å². The summed E-state index contributed by atoms with van der Waals surface area (Å²) in [5, 5.41) is 9.25. The monoisotopic (exact) mass is 545 g/mol. The number of alkyl halides is 1. The van der Waals surface area contributed by atoms with Gasteiger partial charge in [-0.15, -0.1) is 0 Å². The zero-order valence-corrected chi connectivity index (χ0v) is 14.6. The standard InChI is InChI=1S/C9H10I3NO2/c1-13(2)9(12)6(8(14)15)3-5(10)4-7(9)11/h3-4,6H,1-2H3,(H,14,15). The normalized spacial score (nSPS) is 31.2. The lowest BCUT2D eigenvalue weighted by molar-refractivity contribution is -0.141. The molecule has 6 heteroatoms. The third-order valence-corrected chi connectivity index (χ3v) is 7.31. The topological polar surface area (TPSA) is 40.5 Å². The van der Waals surface area contributed by atoms with Gasteiger partial charge in [-0.05, 0) is 65.4 Å². The first kappa shape index (κ1) is 14.2. The van der Waals surface area contributed by atoms with E-state index in [1.165, 1.54) is 0 Å². The van der Waals surface area contributed by atoms with Gasteiger partial charge in [0.25, 0.3) is 0 Å². The maximum atomic E-state index is 11.3. The predicted octanol–water partition coefficient (Wildman–Crippen LogP) is 3.03. The number of rotatable bonds is 2. The van der Waals surface area contributed by atoms with E-state index >= 15 is 0 Å². The largest absolute Gasteiger partial charge is 0.481 e. The number of halogens is 3. The summed E-state index contributed by atoms with van der Waals surface area (Å²) in [6, 6.07) is 0. The van der Waals surface area contributed by atoms with Crippen LogP contribution in [0, 0.1) is 5.92 Å². The minimum atomic E-state index is -0.783. The van der Waals surface area contributed by atoms with Crippen molar-refractivity contribution in [1.29, 1.82) is 0 Å². The van der Waals surface area contributed by atoms with Gasteiger partial charge in [-0.25, -0.2) is 0 Å². The molecule has 15 heavy (non-hydrogen) atoms. The van der Waals surface area contributed by atoms with Gasteiger partial charge in [0.1, 0.15) is 9.46 Å². The highest BCUT2D eigenvalue weighted by Crippen LogP contribution is 2.46. The number of aliphatic carboxylic acids is 1. The molecule has 1 aliphatic rings. The number of carboxylic acids is 1. The molecule has 0 aromatic rings. The second kappa shape index (κ2) is 5.17. The maximum absolute atomic E-state index is 11.3. The van der Waals surface area contributed by atoms with Crippen LogP contribution in [0.1, 0.15) is 0 Å². The van der Waals surface area contributed by atoms with Gasteiger partial charge in [0.2, 0.25) is 0 Å². The number of likely N-dealkylation sites (N-methyl/N-ethyl adjacent to an activating group) is 1. The van der Waals surface area contributed by atoms with Crippen molar-refractivity contribution in [2.75, 3.05) is 14.1 Å². The summed E-state index contributed by atoms with van der Waals surface area (Å²) >= 11 is 6.59. The molecule has 0 bridgehead atoms. The SMILES string of the molecule is CN(C)C1(I)C(I)=CC(I)=CC1C(=O)O. The summed E-state index contributed by atoms with van der Waals surface area (Å²) in [7, 11) is 3.81. The van der Waals surface area contributed by atoms with E-state index in [0.717, 1.165) is 7.16 Å². The Morgan fingerprint density at radius 3 is 2.47 bits per heavy atom. The molecular weight excluding hydrogens is 535 g/mol. The van der Waals surface area contributed by atoms with Crippen molar-refractivity contribution in [1.82, 2.24) is 4.90 Å². The molecule has 0 fully saturated rings. The molecular formula is C9H10I3NO2. The second-order valence-corrected chi connectivity index (χ2v) is 7.48. The van der Waals surface area contributed by atoms with Crippen LogP contribution in [-0.2, 0) is 4.79 Å². The van der Waals surface area contributed by atoms with E-state index in [2.05, 4.69) is 67.8 Å². The summed E-state index contributed by atoms with van der Waals surface area (Å²) in [5.74, 6) is -1.29. The molecule has 1 rings (SSSR count). The first-order chi connectivity index (χ1) is 6.80. The summed E-state index contributed by atoms with van der Waals surface area (Å²) in [6.07, 6.45) is 3.82. The molecule has 0 spiro atoms. The van der Waals surface area contributed by atoms with Crippen molar-refractivity contribution < 1.29 is 9.90 Å². The molecule has 1 N–H and O–H groups in total. The Bertz CT molecular complexity index is 351. The maximum Gasteiger partial charge on any atom is 0.313 e. The van der Waals surface area contributed by atoms with Crippen molar-refractivity contribution in [2.45, 2.75) is 3.55 Å². The van der Waals surface area contributed by atoms with Crippen LogP contribution in [0.25, 0.3) is 0 Å². The number of hydrogen-bond donors (Lipinski definition) is 1. The van der Waals surface area contributed by atoms with Crippen molar-refractivity contribution in [2.24, 2.45) is 5.92 Å². The van der Waals surface area contributed by atoms with Gasteiger partial charge >= 0.3 is 5.97 Å². The Morgan fingerprint density at radius 2 is 2.07 bits per heavy atom. The molecule has 84 valence electrons. The fourth-order valence-corrected chi connectivity index (χ4v) is 4.44. The van der Waals surface area contributed by atoms with Crippen LogP contribution >= 0.6 is 67.8 Å². The average molecular weight is 545 g/mol. The van der Waals surface area contributed by atoms with Gasteiger partial charge in [0.15, 0.2) is 0 Å². The molecule has 3 nitrogen and oxygen atoms in total. The van der Waals surface area contributed by atoms with E-state index in [1.54, 1.807) is 6.08 Å². The molecule has 0 aliphatic heterocycles. The number of hydrogen-bond acceptors (Lipinski definition) is 2. The highest BCUT2D eigenvalue weighted by molar-refractivity contribution is 14.1. The van der Waals surface area contributed by atoms with E-state index in [4.69, 9.17) is 0 Å². The average Bonchev–Trinajstić information content (AvgIpc) is 2.10. The zero-order chi connectivity index (χ0) is 11.8. The predicted molar refractivity (Wildman–Crippen MR) is 85.8 cm³/mol. The molecule has 2 unspecified atom stereocenters. The van der Waals surface area contributed by atoms with Crippen LogP contribution in [0.15, 0.2) is 19.3 Å². The summed E-state index contributed by atoms with van der Waals surface area (Å²) in [6.45, 7) is 0. The quantitative estimate of drug-likeness (QED) is 0.330. The number of carbonyl (C=O) groups is 1. The van der Waals surface area contributed by atoms with E-state index in [0.29, 0.717) is 0 Å². The van der Waals surface area contributed by atoms with Crippen LogP contribution in [0.4, 0.5) is 0 Å². The van der Waals surface area contributed by atoms with E-state index in [9.17, 15) is 9.90 Å². The minimum absolute atomic E-state index is 0.473. The fraction of sp³-hybridized carbons (Fsp3) is 0.444. The molecule has 0 heterocycles. The van der Waals surface area contributed by atoms with Crippen molar-refractivity contribution in [3.63, 3.8) is 0 Å². The molecule has 0 radical (unpaired) electrons. The molecule has 0 aromatic carbocycles. The van der Waals surface area contributed by atoms with Crippen molar-refractivity contribution in [3.8, 4) is 0 Å². The van der Waals surface area contributed by atoms with Gasteiger partial charge in [0, 0.05) is 7.16 Å². The first-order valence-corrected chi connectivity index (χ1v) is 7.38.